The van der Waals surface area contributed by atoms with E-state index in [-0.39, 0.29) is 11.5 Å². The molecule has 112 valence electrons. The van der Waals surface area contributed by atoms with E-state index in [0.717, 1.165) is 27.3 Å². The summed E-state index contributed by atoms with van der Waals surface area (Å²) in [6.07, 6.45) is 0. The van der Waals surface area contributed by atoms with Crippen molar-refractivity contribution in [2.24, 2.45) is 5.73 Å². The predicted octanol–water partition coefficient (Wildman–Crippen LogP) is 5.30. The van der Waals surface area contributed by atoms with E-state index in [1.165, 1.54) is 5.56 Å². The Morgan fingerprint density at radius 1 is 0.952 bits per heavy atom. The molecule has 2 heteroatoms. The molecule has 0 aliphatic rings. The van der Waals surface area contributed by atoms with Gasteiger partial charge in [-0.05, 0) is 53.1 Å². The zero-order valence-corrected chi connectivity index (χ0v) is 14.3. The molecule has 0 radical (unpaired) electrons. The van der Waals surface area contributed by atoms with Gasteiger partial charge in [0.1, 0.15) is 0 Å². The topological polar surface area (TPSA) is 26.0 Å². The molecule has 0 aromatic heterocycles. The molecule has 0 saturated heterocycles. The van der Waals surface area contributed by atoms with E-state index < -0.39 is 0 Å². The maximum absolute atomic E-state index is 6.45. The van der Waals surface area contributed by atoms with E-state index in [2.05, 4.69) is 58.0 Å². The summed E-state index contributed by atoms with van der Waals surface area (Å²) >= 11 is 6.17. The van der Waals surface area contributed by atoms with Gasteiger partial charge in [-0.15, -0.1) is 0 Å². The van der Waals surface area contributed by atoms with Gasteiger partial charge in [0.15, 0.2) is 0 Å². The number of rotatable bonds is 2. The minimum absolute atomic E-state index is 0.116. The van der Waals surface area contributed by atoms with Crippen LogP contribution >= 0.6 is 11.6 Å². The molecule has 21 heavy (non-hydrogen) atoms. The van der Waals surface area contributed by atoms with Crippen LogP contribution in [0, 0.1) is 13.8 Å². The normalized spacial score (nSPS) is 13.3. The Kier molecular flexibility index (Phi) is 4.46. The molecule has 0 fully saturated rings. The number of nitrogens with two attached hydrogens (primary N) is 1. The van der Waals surface area contributed by atoms with Crippen molar-refractivity contribution in [2.75, 3.05) is 0 Å². The van der Waals surface area contributed by atoms with Gasteiger partial charge in [0.05, 0.1) is 6.04 Å². The number of aryl methyl sites for hydroxylation is 2. The van der Waals surface area contributed by atoms with E-state index in [1.807, 2.05) is 13.0 Å². The summed E-state index contributed by atoms with van der Waals surface area (Å²) in [6.45, 7) is 10.7. The highest BCUT2D eigenvalue weighted by Gasteiger charge is 2.16. The quantitative estimate of drug-likeness (QED) is 0.800. The molecule has 2 N–H and O–H groups in total. The molecule has 0 amide bonds. The fourth-order valence-corrected chi connectivity index (χ4v) is 2.73. The summed E-state index contributed by atoms with van der Waals surface area (Å²) in [7, 11) is 0. The molecule has 1 nitrogen and oxygen atoms in total. The zero-order chi connectivity index (χ0) is 15.8. The summed E-state index contributed by atoms with van der Waals surface area (Å²) in [5.74, 6) is 0. The van der Waals surface area contributed by atoms with Crippen molar-refractivity contribution >= 4 is 11.6 Å². The lowest BCUT2D eigenvalue weighted by Gasteiger charge is -2.21. The highest BCUT2D eigenvalue weighted by Crippen LogP contribution is 2.29. The van der Waals surface area contributed by atoms with Gasteiger partial charge in [0.25, 0.3) is 0 Å². The van der Waals surface area contributed by atoms with Crippen molar-refractivity contribution in [2.45, 2.75) is 46.1 Å². The molecule has 1 atom stereocenters. The minimum Gasteiger partial charge on any atom is -0.320 e. The number of benzene rings is 2. The SMILES string of the molecule is Cc1cc(C(N)c2ccc(C(C)(C)C)cc2)c(C)cc1Cl. The fourth-order valence-electron chi connectivity index (χ4n) is 2.51. The van der Waals surface area contributed by atoms with Crippen LogP contribution in [-0.2, 0) is 5.41 Å². The van der Waals surface area contributed by atoms with Crippen molar-refractivity contribution in [3.05, 3.63) is 69.2 Å². The Morgan fingerprint density at radius 3 is 2.05 bits per heavy atom. The molecule has 0 saturated carbocycles. The molecule has 0 bridgehead atoms. The lowest BCUT2D eigenvalue weighted by molar-refractivity contribution is 0.589. The first-order chi connectivity index (χ1) is 9.70. The van der Waals surface area contributed by atoms with Gasteiger partial charge in [-0.3, -0.25) is 0 Å². The van der Waals surface area contributed by atoms with Gasteiger partial charge in [-0.25, -0.2) is 0 Å². The number of halogens is 1. The van der Waals surface area contributed by atoms with E-state index in [0.29, 0.717) is 0 Å². The predicted molar refractivity (Wildman–Crippen MR) is 92.1 cm³/mol. The van der Waals surface area contributed by atoms with Crippen molar-refractivity contribution < 1.29 is 0 Å². The minimum atomic E-state index is -0.116. The molecule has 0 heterocycles. The van der Waals surface area contributed by atoms with Crippen LogP contribution in [0.4, 0.5) is 0 Å². The van der Waals surface area contributed by atoms with Crippen LogP contribution in [0.1, 0.15) is 54.6 Å². The first-order valence-corrected chi connectivity index (χ1v) is 7.70. The van der Waals surface area contributed by atoms with Crippen LogP contribution in [0.25, 0.3) is 0 Å². The average molecular weight is 302 g/mol. The van der Waals surface area contributed by atoms with Gasteiger partial charge in [0, 0.05) is 5.02 Å². The van der Waals surface area contributed by atoms with Crippen LogP contribution in [0.5, 0.6) is 0 Å². The van der Waals surface area contributed by atoms with Crippen LogP contribution in [-0.4, -0.2) is 0 Å². The maximum Gasteiger partial charge on any atom is 0.0554 e. The third-order valence-corrected chi connectivity index (χ3v) is 4.43. The van der Waals surface area contributed by atoms with E-state index in [1.54, 1.807) is 0 Å². The lowest BCUT2D eigenvalue weighted by atomic mass is 9.85. The van der Waals surface area contributed by atoms with Gasteiger partial charge >= 0.3 is 0 Å². The third-order valence-electron chi connectivity index (χ3n) is 4.02. The molecule has 1 unspecified atom stereocenters. The molecule has 0 spiro atoms. The largest absolute Gasteiger partial charge is 0.320 e. The molecular formula is C19H24ClN. The Morgan fingerprint density at radius 2 is 1.52 bits per heavy atom. The van der Waals surface area contributed by atoms with Crippen molar-refractivity contribution in [3.63, 3.8) is 0 Å². The number of hydrogen-bond acceptors (Lipinski definition) is 1. The second-order valence-corrected chi connectivity index (χ2v) is 7.21. The highest BCUT2D eigenvalue weighted by molar-refractivity contribution is 6.31. The van der Waals surface area contributed by atoms with E-state index in [9.17, 15) is 0 Å². The third kappa shape index (κ3) is 3.48. The van der Waals surface area contributed by atoms with Crippen molar-refractivity contribution in [1.29, 1.82) is 0 Å². The van der Waals surface area contributed by atoms with Crippen LogP contribution in [0.3, 0.4) is 0 Å². The smallest absolute Gasteiger partial charge is 0.0554 e. The standard InChI is InChI=1S/C19H24ClN/c1-12-11-17(20)13(2)10-16(12)18(21)14-6-8-15(9-7-14)19(3,4)5/h6-11,18H,21H2,1-5H3. The van der Waals surface area contributed by atoms with E-state index in [4.69, 9.17) is 17.3 Å². The first-order valence-electron chi connectivity index (χ1n) is 7.33. The Bertz CT molecular complexity index is 636. The van der Waals surface area contributed by atoms with Crippen LogP contribution in [0.15, 0.2) is 36.4 Å². The first kappa shape index (κ1) is 16.1. The summed E-state index contributed by atoms with van der Waals surface area (Å²) in [4.78, 5) is 0. The average Bonchev–Trinajstić information content (AvgIpc) is 2.41. The maximum atomic E-state index is 6.45. The van der Waals surface area contributed by atoms with Gasteiger partial charge in [-0.1, -0.05) is 62.7 Å². The van der Waals surface area contributed by atoms with Gasteiger partial charge in [0.2, 0.25) is 0 Å². The Hall–Kier alpha value is -1.31. The van der Waals surface area contributed by atoms with Gasteiger partial charge in [-0.2, -0.15) is 0 Å². The van der Waals surface area contributed by atoms with Gasteiger partial charge < -0.3 is 5.73 Å². The number of hydrogen-bond donors (Lipinski definition) is 1. The monoisotopic (exact) mass is 301 g/mol. The second kappa shape index (κ2) is 5.82. The molecule has 2 rings (SSSR count). The van der Waals surface area contributed by atoms with E-state index >= 15 is 0 Å². The summed E-state index contributed by atoms with van der Waals surface area (Å²) in [5.41, 5.74) is 12.4. The molecule has 0 aliphatic carbocycles. The Labute approximate surface area is 133 Å². The molecular weight excluding hydrogens is 278 g/mol. The Balaban J connectivity index is 2.36. The lowest BCUT2D eigenvalue weighted by Crippen LogP contribution is -2.15. The summed E-state index contributed by atoms with van der Waals surface area (Å²) in [6, 6.07) is 12.6. The van der Waals surface area contributed by atoms with Crippen LogP contribution in [0.2, 0.25) is 5.02 Å². The molecule has 2 aromatic rings. The fraction of sp³-hybridized carbons (Fsp3) is 0.368. The summed E-state index contributed by atoms with van der Waals surface area (Å²) in [5, 5.41) is 0.798. The van der Waals surface area contributed by atoms with Crippen molar-refractivity contribution in [1.82, 2.24) is 0 Å². The molecule has 0 aliphatic heterocycles. The molecule has 2 aromatic carbocycles. The summed E-state index contributed by atoms with van der Waals surface area (Å²) < 4.78 is 0. The zero-order valence-electron chi connectivity index (χ0n) is 13.5. The highest BCUT2D eigenvalue weighted by atomic mass is 35.5. The van der Waals surface area contributed by atoms with Crippen LogP contribution < -0.4 is 5.73 Å². The van der Waals surface area contributed by atoms with Crippen molar-refractivity contribution in [3.8, 4) is 0 Å². The second-order valence-electron chi connectivity index (χ2n) is 6.81.